The van der Waals surface area contributed by atoms with Gasteiger partial charge in [-0.25, -0.2) is 4.39 Å². The van der Waals surface area contributed by atoms with Gasteiger partial charge in [0.1, 0.15) is 5.82 Å². The first kappa shape index (κ1) is 14.1. The van der Waals surface area contributed by atoms with Crippen molar-refractivity contribution in [1.29, 1.82) is 0 Å². The normalized spacial score (nSPS) is 10.2. The van der Waals surface area contributed by atoms with Crippen molar-refractivity contribution in [3.8, 4) is 0 Å². The van der Waals surface area contributed by atoms with Gasteiger partial charge in [0.25, 0.3) is 5.91 Å². The van der Waals surface area contributed by atoms with Crippen LogP contribution in [-0.2, 0) is 0 Å². The summed E-state index contributed by atoms with van der Waals surface area (Å²) < 4.78 is 14.6. The Bertz CT molecular complexity index is 371. The standard InChI is InChI=1S/C11H12FI2NO/c12-8-3-4-9(10(14)7-8)11(16)15-6-2-1-5-13/h3-4,7H,1-2,5-6H2,(H,15,16). The Morgan fingerprint density at radius 1 is 1.38 bits per heavy atom. The molecule has 1 aromatic rings. The van der Waals surface area contributed by atoms with E-state index in [-0.39, 0.29) is 11.7 Å². The molecular weight excluding hydrogens is 435 g/mol. The molecule has 0 fully saturated rings. The molecule has 1 N–H and O–H groups in total. The van der Waals surface area contributed by atoms with E-state index in [0.29, 0.717) is 15.7 Å². The van der Waals surface area contributed by atoms with Gasteiger partial charge in [-0.1, -0.05) is 22.6 Å². The van der Waals surface area contributed by atoms with Crippen LogP contribution in [0.25, 0.3) is 0 Å². The van der Waals surface area contributed by atoms with Crippen molar-refractivity contribution in [1.82, 2.24) is 5.32 Å². The minimum Gasteiger partial charge on any atom is -0.352 e. The highest BCUT2D eigenvalue weighted by molar-refractivity contribution is 14.1. The highest BCUT2D eigenvalue weighted by Crippen LogP contribution is 2.13. The van der Waals surface area contributed by atoms with E-state index in [1.54, 1.807) is 0 Å². The Morgan fingerprint density at radius 2 is 2.12 bits per heavy atom. The first-order valence-electron chi connectivity index (χ1n) is 4.94. The van der Waals surface area contributed by atoms with Crippen LogP contribution in [0.15, 0.2) is 18.2 Å². The molecule has 16 heavy (non-hydrogen) atoms. The lowest BCUT2D eigenvalue weighted by Crippen LogP contribution is -2.25. The van der Waals surface area contributed by atoms with Crippen LogP contribution < -0.4 is 5.32 Å². The Kier molecular flexibility index (Phi) is 6.55. The lowest BCUT2D eigenvalue weighted by molar-refractivity contribution is 0.0952. The zero-order chi connectivity index (χ0) is 12.0. The number of hydrogen-bond acceptors (Lipinski definition) is 1. The lowest BCUT2D eigenvalue weighted by Gasteiger charge is -2.06. The predicted molar refractivity (Wildman–Crippen MR) is 79.6 cm³/mol. The zero-order valence-corrected chi connectivity index (χ0v) is 12.9. The minimum atomic E-state index is -0.314. The summed E-state index contributed by atoms with van der Waals surface area (Å²) in [5.41, 5.74) is 0.538. The molecule has 0 aliphatic heterocycles. The van der Waals surface area contributed by atoms with Gasteiger partial charge < -0.3 is 5.32 Å². The average molecular weight is 447 g/mol. The second-order valence-electron chi connectivity index (χ2n) is 3.28. The number of carbonyl (C=O) groups excluding carboxylic acids is 1. The van der Waals surface area contributed by atoms with Crippen molar-refractivity contribution in [2.75, 3.05) is 11.0 Å². The van der Waals surface area contributed by atoms with Gasteiger partial charge in [-0.2, -0.15) is 0 Å². The van der Waals surface area contributed by atoms with E-state index in [9.17, 15) is 9.18 Å². The van der Waals surface area contributed by atoms with Crippen LogP contribution in [0, 0.1) is 9.39 Å². The van der Waals surface area contributed by atoms with Gasteiger partial charge >= 0.3 is 0 Å². The highest BCUT2D eigenvalue weighted by Gasteiger charge is 2.09. The number of unbranched alkanes of at least 4 members (excludes halogenated alkanes) is 1. The maximum absolute atomic E-state index is 12.8. The van der Waals surface area contributed by atoms with Gasteiger partial charge in [-0.3, -0.25) is 4.79 Å². The van der Waals surface area contributed by atoms with Gasteiger partial charge in [-0.05, 0) is 58.1 Å². The number of rotatable bonds is 5. The summed E-state index contributed by atoms with van der Waals surface area (Å²) in [6.07, 6.45) is 2.08. The molecule has 0 unspecified atom stereocenters. The number of alkyl halides is 1. The van der Waals surface area contributed by atoms with Gasteiger partial charge in [0.15, 0.2) is 0 Å². The quantitative estimate of drug-likeness (QED) is 0.419. The molecular formula is C11H12FI2NO. The van der Waals surface area contributed by atoms with E-state index in [2.05, 4.69) is 27.9 Å². The van der Waals surface area contributed by atoms with E-state index < -0.39 is 0 Å². The van der Waals surface area contributed by atoms with Gasteiger partial charge in [-0.15, -0.1) is 0 Å². The van der Waals surface area contributed by atoms with Crippen molar-refractivity contribution in [2.24, 2.45) is 0 Å². The average Bonchev–Trinajstić information content (AvgIpc) is 2.24. The third-order valence-electron chi connectivity index (χ3n) is 2.02. The van der Waals surface area contributed by atoms with Gasteiger partial charge in [0.2, 0.25) is 0 Å². The van der Waals surface area contributed by atoms with Gasteiger partial charge in [0, 0.05) is 10.1 Å². The molecule has 1 amide bonds. The SMILES string of the molecule is O=C(NCCCCI)c1ccc(F)cc1I. The summed E-state index contributed by atoms with van der Waals surface area (Å²) >= 11 is 4.28. The van der Waals surface area contributed by atoms with Crippen LogP contribution in [0.1, 0.15) is 23.2 Å². The Balaban J connectivity index is 2.53. The van der Waals surface area contributed by atoms with E-state index >= 15 is 0 Å². The highest BCUT2D eigenvalue weighted by atomic mass is 127. The van der Waals surface area contributed by atoms with Crippen molar-refractivity contribution in [2.45, 2.75) is 12.8 Å². The molecule has 2 nitrogen and oxygen atoms in total. The molecule has 0 saturated carbocycles. The van der Waals surface area contributed by atoms with E-state index in [1.165, 1.54) is 18.2 Å². The van der Waals surface area contributed by atoms with Crippen LogP contribution in [0.5, 0.6) is 0 Å². The summed E-state index contributed by atoms with van der Waals surface area (Å²) in [6, 6.07) is 4.19. The fraction of sp³-hybridized carbons (Fsp3) is 0.364. The minimum absolute atomic E-state index is 0.127. The van der Waals surface area contributed by atoms with Gasteiger partial charge in [0.05, 0.1) is 5.56 Å². The third-order valence-corrected chi connectivity index (χ3v) is 3.68. The van der Waals surface area contributed by atoms with Crippen molar-refractivity contribution in [3.05, 3.63) is 33.1 Å². The molecule has 0 heterocycles. The maximum Gasteiger partial charge on any atom is 0.252 e. The molecule has 0 aliphatic carbocycles. The summed E-state index contributed by atoms with van der Waals surface area (Å²) in [5.74, 6) is -0.441. The first-order valence-corrected chi connectivity index (χ1v) is 7.55. The topological polar surface area (TPSA) is 29.1 Å². The van der Waals surface area contributed by atoms with E-state index in [1.807, 2.05) is 22.6 Å². The Morgan fingerprint density at radius 3 is 2.75 bits per heavy atom. The molecule has 0 bridgehead atoms. The monoisotopic (exact) mass is 447 g/mol. The second-order valence-corrected chi connectivity index (χ2v) is 5.52. The number of benzene rings is 1. The first-order chi connectivity index (χ1) is 7.65. The fourth-order valence-corrected chi connectivity index (χ4v) is 2.45. The predicted octanol–water partition coefficient (Wildman–Crippen LogP) is 3.38. The fourth-order valence-electron chi connectivity index (χ4n) is 1.19. The second kappa shape index (κ2) is 7.41. The van der Waals surface area contributed by atoms with E-state index in [0.717, 1.165) is 17.3 Å². The van der Waals surface area contributed by atoms with Crippen LogP contribution in [0.2, 0.25) is 0 Å². The zero-order valence-electron chi connectivity index (χ0n) is 8.60. The molecule has 1 aromatic carbocycles. The molecule has 88 valence electrons. The molecule has 0 spiro atoms. The van der Waals surface area contributed by atoms with Crippen LogP contribution >= 0.6 is 45.2 Å². The Hall–Kier alpha value is 0.0800. The number of carbonyl (C=O) groups is 1. The summed E-state index contributed by atoms with van der Waals surface area (Å²) in [7, 11) is 0. The molecule has 0 aromatic heterocycles. The number of amides is 1. The lowest BCUT2D eigenvalue weighted by atomic mass is 10.2. The molecule has 5 heteroatoms. The number of halogens is 3. The maximum atomic E-state index is 12.8. The largest absolute Gasteiger partial charge is 0.352 e. The molecule has 0 radical (unpaired) electrons. The molecule has 0 saturated heterocycles. The summed E-state index contributed by atoms with van der Waals surface area (Å²) in [6.45, 7) is 0.676. The third kappa shape index (κ3) is 4.52. The number of hydrogen-bond donors (Lipinski definition) is 1. The van der Waals surface area contributed by atoms with Crippen LogP contribution in [0.3, 0.4) is 0 Å². The molecule has 1 rings (SSSR count). The van der Waals surface area contributed by atoms with E-state index in [4.69, 9.17) is 0 Å². The molecule has 0 atom stereocenters. The van der Waals surface area contributed by atoms with Crippen LogP contribution in [0.4, 0.5) is 4.39 Å². The van der Waals surface area contributed by atoms with Crippen molar-refractivity contribution in [3.63, 3.8) is 0 Å². The summed E-state index contributed by atoms with van der Waals surface area (Å²) in [4.78, 5) is 11.7. The van der Waals surface area contributed by atoms with Crippen molar-refractivity contribution >= 4 is 51.1 Å². The molecule has 0 aliphatic rings. The smallest absolute Gasteiger partial charge is 0.252 e. The number of nitrogens with one attached hydrogen (secondary N) is 1. The van der Waals surface area contributed by atoms with Crippen molar-refractivity contribution < 1.29 is 9.18 Å². The Labute approximate surface area is 122 Å². The summed E-state index contributed by atoms with van der Waals surface area (Å²) in [5, 5.41) is 2.82. The van der Waals surface area contributed by atoms with Crippen LogP contribution in [-0.4, -0.2) is 16.9 Å².